The summed E-state index contributed by atoms with van der Waals surface area (Å²) in [4.78, 5) is 11.7. The highest BCUT2D eigenvalue weighted by molar-refractivity contribution is 7.99. The number of hydrogen-bond donors (Lipinski definition) is 2. The number of carbonyl (C=O) groups excluding carboxylic acids is 1. The van der Waals surface area contributed by atoms with Gasteiger partial charge in [-0.05, 0) is 30.2 Å². The van der Waals surface area contributed by atoms with Crippen LogP contribution in [0.4, 0.5) is 11.4 Å². The third kappa shape index (κ3) is 5.96. The molecule has 100 valence electrons. The maximum Gasteiger partial charge on any atom is 0.225 e. The van der Waals surface area contributed by atoms with E-state index in [1.54, 1.807) is 6.07 Å². The average Bonchev–Trinajstić information content (AvgIpc) is 2.31. The zero-order valence-corrected chi connectivity index (χ0v) is 11.9. The molecule has 3 N–H and O–H groups in total. The molecular formula is C14H22N2OS. The second-order valence-electron chi connectivity index (χ2n) is 4.68. The number of nitrogens with two attached hydrogens (primary N) is 1. The van der Waals surface area contributed by atoms with E-state index < -0.39 is 0 Å². The molecule has 0 aliphatic heterocycles. The molecule has 3 nitrogen and oxygen atoms in total. The Kier molecular flexibility index (Phi) is 6.65. The van der Waals surface area contributed by atoms with Crippen LogP contribution in [-0.4, -0.2) is 17.4 Å². The molecule has 0 fully saturated rings. The summed E-state index contributed by atoms with van der Waals surface area (Å²) < 4.78 is 0. The zero-order valence-electron chi connectivity index (χ0n) is 11.1. The van der Waals surface area contributed by atoms with E-state index in [4.69, 9.17) is 5.73 Å². The lowest BCUT2D eigenvalue weighted by molar-refractivity contribution is -0.115. The molecule has 0 radical (unpaired) electrons. The first-order valence-electron chi connectivity index (χ1n) is 6.31. The van der Waals surface area contributed by atoms with Crippen LogP contribution in [0.3, 0.4) is 0 Å². The highest BCUT2D eigenvalue weighted by Crippen LogP contribution is 2.17. The molecular weight excluding hydrogens is 244 g/mol. The van der Waals surface area contributed by atoms with Gasteiger partial charge < -0.3 is 11.1 Å². The van der Waals surface area contributed by atoms with Crippen LogP contribution in [0.1, 0.15) is 26.7 Å². The van der Waals surface area contributed by atoms with E-state index in [1.165, 1.54) is 6.42 Å². The van der Waals surface area contributed by atoms with Crippen molar-refractivity contribution in [3.8, 4) is 0 Å². The van der Waals surface area contributed by atoms with Gasteiger partial charge in [0.1, 0.15) is 0 Å². The third-order valence-corrected chi connectivity index (χ3v) is 3.57. The summed E-state index contributed by atoms with van der Waals surface area (Å²) in [6.45, 7) is 4.43. The maximum atomic E-state index is 11.7. The van der Waals surface area contributed by atoms with Crippen molar-refractivity contribution in [2.45, 2.75) is 26.7 Å². The van der Waals surface area contributed by atoms with Gasteiger partial charge in [0.2, 0.25) is 5.91 Å². The number of rotatable bonds is 7. The predicted octanol–water partition coefficient (Wildman–Crippen LogP) is 3.38. The molecule has 0 aliphatic rings. The Hall–Kier alpha value is -1.16. The molecule has 0 heterocycles. The number of nitrogen functional groups attached to an aromatic ring is 1. The summed E-state index contributed by atoms with van der Waals surface area (Å²) in [5.41, 5.74) is 7.07. The van der Waals surface area contributed by atoms with Crippen LogP contribution in [0.5, 0.6) is 0 Å². The quantitative estimate of drug-likeness (QED) is 0.587. The molecule has 0 bridgehead atoms. The Morgan fingerprint density at radius 2 is 2.06 bits per heavy atom. The van der Waals surface area contributed by atoms with Crippen LogP contribution >= 0.6 is 11.8 Å². The van der Waals surface area contributed by atoms with Crippen LogP contribution in [0.15, 0.2) is 24.3 Å². The molecule has 1 aromatic carbocycles. The minimum atomic E-state index is 0.0324. The van der Waals surface area contributed by atoms with Gasteiger partial charge in [0.15, 0.2) is 0 Å². The van der Waals surface area contributed by atoms with Gasteiger partial charge >= 0.3 is 0 Å². The van der Waals surface area contributed by atoms with Gasteiger partial charge in [0, 0.05) is 12.2 Å². The van der Waals surface area contributed by atoms with Crippen molar-refractivity contribution in [1.82, 2.24) is 0 Å². The van der Waals surface area contributed by atoms with E-state index in [2.05, 4.69) is 19.2 Å². The monoisotopic (exact) mass is 266 g/mol. The van der Waals surface area contributed by atoms with Gasteiger partial charge in [0.25, 0.3) is 0 Å². The summed E-state index contributed by atoms with van der Waals surface area (Å²) in [7, 11) is 0. The van der Waals surface area contributed by atoms with Crippen LogP contribution in [0, 0.1) is 5.92 Å². The van der Waals surface area contributed by atoms with E-state index in [0.717, 1.165) is 17.4 Å². The van der Waals surface area contributed by atoms with Crippen LogP contribution < -0.4 is 11.1 Å². The second kappa shape index (κ2) is 8.03. The van der Waals surface area contributed by atoms with Gasteiger partial charge in [-0.3, -0.25) is 4.79 Å². The zero-order chi connectivity index (χ0) is 13.4. The second-order valence-corrected chi connectivity index (χ2v) is 5.91. The summed E-state index contributed by atoms with van der Waals surface area (Å²) in [6.07, 6.45) is 1.75. The molecule has 1 rings (SSSR count). The van der Waals surface area contributed by atoms with Gasteiger partial charge in [-0.2, -0.15) is 11.8 Å². The fourth-order valence-corrected chi connectivity index (χ4v) is 2.58. The first-order valence-corrected chi connectivity index (χ1v) is 7.47. The molecule has 0 spiro atoms. The molecule has 4 heteroatoms. The topological polar surface area (TPSA) is 55.1 Å². The minimum absolute atomic E-state index is 0.0324. The fourth-order valence-electron chi connectivity index (χ4n) is 1.41. The lowest BCUT2D eigenvalue weighted by Crippen LogP contribution is -2.13. The van der Waals surface area contributed by atoms with E-state index >= 15 is 0 Å². The Morgan fingerprint density at radius 3 is 2.72 bits per heavy atom. The molecule has 0 aliphatic carbocycles. The number of hydrogen-bond acceptors (Lipinski definition) is 3. The van der Waals surface area contributed by atoms with Gasteiger partial charge in [0.05, 0.1) is 11.4 Å². The van der Waals surface area contributed by atoms with Crippen molar-refractivity contribution >= 4 is 29.0 Å². The molecule has 1 amide bonds. The van der Waals surface area contributed by atoms with Gasteiger partial charge in [-0.1, -0.05) is 26.0 Å². The number of para-hydroxylation sites is 2. The predicted molar refractivity (Wildman–Crippen MR) is 80.9 cm³/mol. The lowest BCUT2D eigenvalue weighted by atomic mass is 10.2. The van der Waals surface area contributed by atoms with Crippen molar-refractivity contribution in [2.24, 2.45) is 5.92 Å². The van der Waals surface area contributed by atoms with E-state index in [9.17, 15) is 4.79 Å². The smallest absolute Gasteiger partial charge is 0.225 e. The maximum absolute atomic E-state index is 11.7. The number of carbonyl (C=O) groups is 1. The summed E-state index contributed by atoms with van der Waals surface area (Å²) in [5.74, 6) is 2.75. The molecule has 0 atom stereocenters. The Balaban J connectivity index is 2.20. The number of amides is 1. The summed E-state index contributed by atoms with van der Waals surface area (Å²) in [6, 6.07) is 7.32. The van der Waals surface area contributed by atoms with Crippen LogP contribution in [0.25, 0.3) is 0 Å². The standard InChI is InChI=1S/C14H22N2OS/c1-11(2)7-9-18-10-8-14(17)16-13-6-4-3-5-12(13)15/h3-6,11H,7-10,15H2,1-2H3,(H,16,17). The number of anilines is 2. The van der Waals surface area contributed by atoms with Crippen molar-refractivity contribution in [2.75, 3.05) is 22.6 Å². The lowest BCUT2D eigenvalue weighted by Gasteiger charge is -2.08. The van der Waals surface area contributed by atoms with Crippen molar-refractivity contribution < 1.29 is 4.79 Å². The Morgan fingerprint density at radius 1 is 1.33 bits per heavy atom. The molecule has 0 aromatic heterocycles. The molecule has 1 aromatic rings. The first kappa shape index (κ1) is 14.9. The highest BCUT2D eigenvalue weighted by atomic mass is 32.2. The average molecular weight is 266 g/mol. The SMILES string of the molecule is CC(C)CCSCCC(=O)Nc1ccccc1N. The third-order valence-electron chi connectivity index (χ3n) is 2.55. The van der Waals surface area contributed by atoms with E-state index in [1.807, 2.05) is 30.0 Å². The normalized spacial score (nSPS) is 10.6. The largest absolute Gasteiger partial charge is 0.397 e. The Bertz CT molecular complexity index is 380. The summed E-state index contributed by atoms with van der Waals surface area (Å²) in [5, 5.41) is 2.83. The molecule has 0 saturated heterocycles. The molecule has 18 heavy (non-hydrogen) atoms. The fraction of sp³-hybridized carbons (Fsp3) is 0.500. The number of benzene rings is 1. The highest BCUT2D eigenvalue weighted by Gasteiger charge is 2.04. The van der Waals surface area contributed by atoms with Crippen molar-refractivity contribution in [3.63, 3.8) is 0 Å². The van der Waals surface area contributed by atoms with Gasteiger partial charge in [-0.15, -0.1) is 0 Å². The van der Waals surface area contributed by atoms with Crippen molar-refractivity contribution in [3.05, 3.63) is 24.3 Å². The van der Waals surface area contributed by atoms with E-state index in [0.29, 0.717) is 17.8 Å². The van der Waals surface area contributed by atoms with E-state index in [-0.39, 0.29) is 5.91 Å². The van der Waals surface area contributed by atoms with Crippen LogP contribution in [-0.2, 0) is 4.79 Å². The number of thioether (sulfide) groups is 1. The van der Waals surface area contributed by atoms with Gasteiger partial charge in [-0.25, -0.2) is 0 Å². The summed E-state index contributed by atoms with van der Waals surface area (Å²) >= 11 is 1.83. The minimum Gasteiger partial charge on any atom is -0.397 e. The first-order chi connectivity index (χ1) is 8.59. The molecule has 0 saturated carbocycles. The number of nitrogens with one attached hydrogen (secondary N) is 1. The van der Waals surface area contributed by atoms with Crippen LogP contribution in [0.2, 0.25) is 0 Å². The van der Waals surface area contributed by atoms with Crippen molar-refractivity contribution in [1.29, 1.82) is 0 Å². The molecule has 0 unspecified atom stereocenters. The Labute approximate surface area is 114 Å².